The van der Waals surface area contributed by atoms with Gasteiger partial charge in [0.15, 0.2) is 6.10 Å². The molecule has 0 unspecified atom stereocenters. The van der Waals surface area contributed by atoms with Gasteiger partial charge in [0.05, 0.1) is 19.8 Å². The zero-order valence-electron chi connectivity index (χ0n) is 16.8. The molecular formula is C23H25NO6. The van der Waals surface area contributed by atoms with E-state index in [0.717, 1.165) is 16.0 Å². The Morgan fingerprint density at radius 3 is 2.57 bits per heavy atom. The Kier molecular flexibility index (Phi) is 7.21. The smallest absolute Gasteiger partial charge is 0.417 e. The van der Waals surface area contributed by atoms with Crippen LogP contribution in [0, 0.1) is 0 Å². The number of imide groups is 1. The summed E-state index contributed by atoms with van der Waals surface area (Å²) in [5, 5.41) is 10.3. The zero-order chi connectivity index (χ0) is 21.5. The predicted molar refractivity (Wildman–Crippen MR) is 110 cm³/mol. The van der Waals surface area contributed by atoms with Crippen LogP contribution in [-0.2, 0) is 27.3 Å². The fourth-order valence-corrected chi connectivity index (χ4v) is 3.25. The van der Waals surface area contributed by atoms with E-state index in [1.807, 2.05) is 30.3 Å². The van der Waals surface area contributed by atoms with Crippen LogP contribution in [0.4, 0.5) is 4.79 Å². The number of aliphatic hydroxyl groups is 1. The summed E-state index contributed by atoms with van der Waals surface area (Å²) in [4.78, 5) is 26.5. The van der Waals surface area contributed by atoms with E-state index in [2.05, 4.69) is 6.58 Å². The van der Waals surface area contributed by atoms with Gasteiger partial charge in [-0.05, 0) is 29.7 Å². The van der Waals surface area contributed by atoms with E-state index in [1.165, 1.54) is 6.08 Å². The van der Waals surface area contributed by atoms with Crippen LogP contribution in [0.15, 0.2) is 67.3 Å². The Hall–Kier alpha value is -3.16. The lowest BCUT2D eigenvalue weighted by Gasteiger charge is -2.27. The molecule has 1 aliphatic heterocycles. The molecule has 1 aliphatic rings. The van der Waals surface area contributed by atoms with Crippen molar-refractivity contribution in [2.45, 2.75) is 31.3 Å². The highest BCUT2D eigenvalue weighted by atomic mass is 16.6. The lowest BCUT2D eigenvalue weighted by atomic mass is 10.0. The molecule has 2 amide bonds. The van der Waals surface area contributed by atoms with Gasteiger partial charge < -0.3 is 19.3 Å². The summed E-state index contributed by atoms with van der Waals surface area (Å²) in [7, 11) is 1.57. The first-order valence-corrected chi connectivity index (χ1v) is 9.62. The number of cyclic esters (lactones) is 1. The maximum atomic E-state index is 13.2. The number of nitrogens with zero attached hydrogens (tertiary/aromatic N) is 1. The largest absolute Gasteiger partial charge is 0.497 e. The summed E-state index contributed by atoms with van der Waals surface area (Å²) in [5.41, 5.74) is 1.76. The van der Waals surface area contributed by atoms with Gasteiger partial charge in [-0.15, -0.1) is 6.58 Å². The van der Waals surface area contributed by atoms with Gasteiger partial charge in [0.2, 0.25) is 0 Å². The molecule has 0 bridgehead atoms. The summed E-state index contributed by atoms with van der Waals surface area (Å²) in [6.07, 6.45) is -1.64. The second kappa shape index (κ2) is 10.0. The van der Waals surface area contributed by atoms with Gasteiger partial charge >= 0.3 is 6.09 Å². The lowest BCUT2D eigenvalue weighted by Crippen LogP contribution is -2.50. The van der Waals surface area contributed by atoms with Crippen LogP contribution in [0.25, 0.3) is 0 Å². The molecule has 0 aromatic heterocycles. The highest BCUT2D eigenvalue weighted by Gasteiger charge is 2.42. The number of methoxy groups -OCH3 is 1. The predicted octanol–water partition coefficient (Wildman–Crippen LogP) is 2.72. The molecule has 7 nitrogen and oxygen atoms in total. The minimum absolute atomic E-state index is 0.0670. The molecule has 158 valence electrons. The van der Waals surface area contributed by atoms with Gasteiger partial charge in [0.25, 0.3) is 5.91 Å². The number of carbonyl (C=O) groups excluding carboxylic acids is 2. The van der Waals surface area contributed by atoms with Gasteiger partial charge in [0.1, 0.15) is 18.5 Å². The van der Waals surface area contributed by atoms with Gasteiger partial charge in [-0.3, -0.25) is 4.79 Å². The van der Waals surface area contributed by atoms with Gasteiger partial charge in [0, 0.05) is 0 Å². The van der Waals surface area contributed by atoms with E-state index in [9.17, 15) is 14.7 Å². The first-order valence-electron chi connectivity index (χ1n) is 9.62. The quantitative estimate of drug-likeness (QED) is 0.639. The molecule has 0 radical (unpaired) electrons. The zero-order valence-corrected chi connectivity index (χ0v) is 16.8. The van der Waals surface area contributed by atoms with Crippen molar-refractivity contribution in [2.75, 3.05) is 13.7 Å². The minimum Gasteiger partial charge on any atom is -0.497 e. The van der Waals surface area contributed by atoms with E-state index >= 15 is 0 Å². The third kappa shape index (κ3) is 5.06. The van der Waals surface area contributed by atoms with Crippen LogP contribution in [0.5, 0.6) is 5.75 Å². The van der Waals surface area contributed by atoms with Crippen LogP contribution < -0.4 is 4.74 Å². The topological polar surface area (TPSA) is 85.3 Å². The number of rotatable bonds is 9. The summed E-state index contributed by atoms with van der Waals surface area (Å²) >= 11 is 0. The Bertz CT molecular complexity index is 867. The number of carbonyl (C=O) groups is 2. The summed E-state index contributed by atoms with van der Waals surface area (Å²) in [6, 6.07) is 16.2. The van der Waals surface area contributed by atoms with Gasteiger partial charge in [-0.1, -0.05) is 48.5 Å². The van der Waals surface area contributed by atoms with Gasteiger partial charge in [-0.25, -0.2) is 9.69 Å². The van der Waals surface area contributed by atoms with Crippen LogP contribution in [0.2, 0.25) is 0 Å². The van der Waals surface area contributed by atoms with Crippen LogP contribution in [0.1, 0.15) is 11.1 Å². The Labute approximate surface area is 175 Å². The second-order valence-electron chi connectivity index (χ2n) is 6.93. The standard InChI is InChI=1S/C23H25NO6/c1-3-20(25)21(29-14-17-9-11-19(28-2)12-10-17)22(26)24-18(15-30-23(24)27)13-16-7-5-4-6-8-16/h3-12,18,20-21,25H,1,13-15H2,2H3/t18-,20+,21-/m0/s1. The second-order valence-corrected chi connectivity index (χ2v) is 6.93. The number of hydrogen-bond donors (Lipinski definition) is 1. The molecule has 7 heteroatoms. The Morgan fingerprint density at radius 2 is 1.93 bits per heavy atom. The van der Waals surface area contributed by atoms with Crippen molar-refractivity contribution >= 4 is 12.0 Å². The molecule has 1 saturated heterocycles. The number of ether oxygens (including phenoxy) is 3. The summed E-state index contributed by atoms with van der Waals surface area (Å²) < 4.78 is 15.9. The van der Waals surface area contributed by atoms with Crippen molar-refractivity contribution in [3.8, 4) is 5.75 Å². The maximum Gasteiger partial charge on any atom is 0.417 e. The molecule has 0 saturated carbocycles. The lowest BCUT2D eigenvalue weighted by molar-refractivity contribution is -0.148. The van der Waals surface area contributed by atoms with Crippen molar-refractivity contribution in [1.82, 2.24) is 4.90 Å². The maximum absolute atomic E-state index is 13.2. The van der Waals surface area contributed by atoms with Crippen LogP contribution in [-0.4, -0.2) is 54.0 Å². The molecule has 1 heterocycles. The fourth-order valence-electron chi connectivity index (χ4n) is 3.25. The molecule has 3 atom stereocenters. The SMILES string of the molecule is C=C[C@@H](O)[C@H](OCc1ccc(OC)cc1)C(=O)N1C(=O)OC[C@@H]1Cc1ccccc1. The Balaban J connectivity index is 1.73. The first-order chi connectivity index (χ1) is 14.5. The molecule has 2 aromatic carbocycles. The molecule has 0 aliphatic carbocycles. The van der Waals surface area contributed by atoms with Crippen molar-refractivity contribution in [1.29, 1.82) is 0 Å². The van der Waals surface area contributed by atoms with Crippen molar-refractivity contribution in [2.24, 2.45) is 0 Å². The summed E-state index contributed by atoms with van der Waals surface area (Å²) in [5.74, 6) is 0.0420. The van der Waals surface area contributed by atoms with E-state index < -0.39 is 30.3 Å². The highest BCUT2D eigenvalue weighted by molar-refractivity contribution is 5.96. The summed E-state index contributed by atoms with van der Waals surface area (Å²) in [6.45, 7) is 3.70. The van der Waals surface area contributed by atoms with E-state index in [4.69, 9.17) is 14.2 Å². The average molecular weight is 411 g/mol. The molecule has 30 heavy (non-hydrogen) atoms. The normalized spacial score (nSPS) is 17.9. The van der Waals surface area contributed by atoms with Crippen LogP contribution in [0.3, 0.4) is 0 Å². The van der Waals surface area contributed by atoms with E-state index in [1.54, 1.807) is 31.4 Å². The minimum atomic E-state index is -1.28. The van der Waals surface area contributed by atoms with Gasteiger partial charge in [-0.2, -0.15) is 0 Å². The number of benzene rings is 2. The van der Waals surface area contributed by atoms with Crippen molar-refractivity contribution < 1.29 is 28.9 Å². The Morgan fingerprint density at radius 1 is 1.23 bits per heavy atom. The number of hydrogen-bond acceptors (Lipinski definition) is 6. The van der Waals surface area contributed by atoms with E-state index in [0.29, 0.717) is 12.2 Å². The third-order valence-corrected chi connectivity index (χ3v) is 4.90. The van der Waals surface area contributed by atoms with Crippen molar-refractivity contribution in [3.63, 3.8) is 0 Å². The number of amides is 2. The molecule has 1 fully saturated rings. The van der Waals surface area contributed by atoms with E-state index in [-0.39, 0.29) is 13.2 Å². The molecule has 1 N–H and O–H groups in total. The van der Waals surface area contributed by atoms with Crippen molar-refractivity contribution in [3.05, 3.63) is 78.4 Å². The molecule has 2 aromatic rings. The molecule has 3 rings (SSSR count). The van der Waals surface area contributed by atoms with Crippen LogP contribution >= 0.6 is 0 Å². The number of aliphatic hydroxyl groups excluding tert-OH is 1. The molecule has 0 spiro atoms. The highest BCUT2D eigenvalue weighted by Crippen LogP contribution is 2.21. The molecular weight excluding hydrogens is 386 g/mol. The fraction of sp³-hybridized carbons (Fsp3) is 0.304. The first kappa shape index (κ1) is 21.5. The average Bonchev–Trinajstić information content (AvgIpc) is 3.14. The third-order valence-electron chi connectivity index (χ3n) is 4.90. The monoisotopic (exact) mass is 411 g/mol.